The van der Waals surface area contributed by atoms with Crippen molar-refractivity contribution in [3.05, 3.63) is 65.5 Å². The highest BCUT2D eigenvalue weighted by Crippen LogP contribution is 2.22. The first kappa shape index (κ1) is 14.7. The molecule has 1 unspecified atom stereocenters. The van der Waals surface area contributed by atoms with E-state index in [1.807, 2.05) is 12.1 Å². The van der Waals surface area contributed by atoms with Crippen molar-refractivity contribution in [2.45, 2.75) is 18.8 Å². The van der Waals surface area contributed by atoms with Gasteiger partial charge in [0.15, 0.2) is 0 Å². The van der Waals surface area contributed by atoms with E-state index in [1.165, 1.54) is 29.8 Å². The molecule has 0 saturated carbocycles. The summed E-state index contributed by atoms with van der Waals surface area (Å²) < 4.78 is 18.0. The number of esters is 1. The van der Waals surface area contributed by atoms with Gasteiger partial charge in [0.25, 0.3) is 0 Å². The van der Waals surface area contributed by atoms with Crippen LogP contribution in [0.25, 0.3) is 0 Å². The number of carbonyl (C=O) groups excluding carboxylic acids is 1. The van der Waals surface area contributed by atoms with Gasteiger partial charge in [-0.2, -0.15) is 0 Å². The monoisotopic (exact) mass is 299 g/mol. The predicted molar refractivity (Wildman–Crippen MR) is 82.4 cm³/mol. The van der Waals surface area contributed by atoms with Crippen molar-refractivity contribution in [3.8, 4) is 5.75 Å². The second-order valence-corrected chi connectivity index (χ2v) is 5.54. The number of ether oxygens (including phenoxy) is 1. The molecule has 1 N–H and O–H groups in total. The molecule has 0 radical (unpaired) electrons. The van der Waals surface area contributed by atoms with Crippen LogP contribution in [-0.4, -0.2) is 19.1 Å². The minimum atomic E-state index is -0.350. The summed E-state index contributed by atoms with van der Waals surface area (Å²) in [5.41, 5.74) is 2.22. The van der Waals surface area contributed by atoms with Crippen LogP contribution >= 0.6 is 0 Å². The zero-order valence-electron chi connectivity index (χ0n) is 12.2. The normalized spacial score (nSPS) is 17.4. The highest BCUT2D eigenvalue weighted by atomic mass is 19.1. The van der Waals surface area contributed by atoms with Crippen LogP contribution in [0.1, 0.15) is 23.5 Å². The largest absolute Gasteiger partial charge is 0.426 e. The van der Waals surface area contributed by atoms with Gasteiger partial charge in [-0.05, 0) is 54.3 Å². The molecule has 1 saturated heterocycles. The van der Waals surface area contributed by atoms with E-state index in [1.54, 1.807) is 0 Å². The summed E-state index contributed by atoms with van der Waals surface area (Å²) in [7, 11) is 0. The van der Waals surface area contributed by atoms with E-state index in [0.717, 1.165) is 25.1 Å². The first-order valence-electron chi connectivity index (χ1n) is 7.46. The van der Waals surface area contributed by atoms with E-state index in [9.17, 15) is 9.18 Å². The molecule has 1 aliphatic heterocycles. The number of halogens is 1. The molecule has 0 spiro atoms. The van der Waals surface area contributed by atoms with E-state index in [-0.39, 0.29) is 18.2 Å². The number of hydrogen-bond donors (Lipinski definition) is 1. The van der Waals surface area contributed by atoms with Gasteiger partial charge in [0.05, 0.1) is 6.42 Å². The number of benzene rings is 2. The molecule has 22 heavy (non-hydrogen) atoms. The van der Waals surface area contributed by atoms with Crippen molar-refractivity contribution in [2.24, 2.45) is 0 Å². The van der Waals surface area contributed by atoms with Crippen molar-refractivity contribution in [1.29, 1.82) is 0 Å². The van der Waals surface area contributed by atoms with Crippen LogP contribution in [0.2, 0.25) is 0 Å². The average molecular weight is 299 g/mol. The van der Waals surface area contributed by atoms with Gasteiger partial charge in [-0.15, -0.1) is 0 Å². The second kappa shape index (κ2) is 6.71. The molecular formula is C18H18FNO2. The predicted octanol–water partition coefficient (Wildman–Crippen LogP) is 3.05. The molecule has 0 aromatic heterocycles. The maximum atomic E-state index is 12.8. The highest BCUT2D eigenvalue weighted by Gasteiger charge is 2.16. The van der Waals surface area contributed by atoms with Crippen molar-refractivity contribution >= 4 is 5.97 Å². The standard InChI is InChI=1S/C18H18FNO2/c19-16-5-7-17(8-6-16)22-18(21)11-13-1-3-14(4-2-13)15-9-10-20-12-15/h1-8,15,20H,9-12H2. The molecule has 4 heteroatoms. The van der Waals surface area contributed by atoms with Gasteiger partial charge in [0.2, 0.25) is 0 Å². The summed E-state index contributed by atoms with van der Waals surface area (Å²) in [6, 6.07) is 13.5. The molecule has 0 bridgehead atoms. The van der Waals surface area contributed by atoms with Crippen LogP contribution in [0.5, 0.6) is 5.75 Å². The maximum Gasteiger partial charge on any atom is 0.315 e. The average Bonchev–Trinajstić information content (AvgIpc) is 3.05. The lowest BCUT2D eigenvalue weighted by Crippen LogP contribution is -2.11. The van der Waals surface area contributed by atoms with Crippen molar-refractivity contribution in [1.82, 2.24) is 5.32 Å². The van der Waals surface area contributed by atoms with Gasteiger partial charge >= 0.3 is 5.97 Å². The van der Waals surface area contributed by atoms with E-state index < -0.39 is 0 Å². The summed E-state index contributed by atoms with van der Waals surface area (Å²) >= 11 is 0. The van der Waals surface area contributed by atoms with Gasteiger partial charge in [-0.3, -0.25) is 4.79 Å². The topological polar surface area (TPSA) is 38.3 Å². The Labute approximate surface area is 129 Å². The van der Waals surface area contributed by atoms with E-state index in [0.29, 0.717) is 11.7 Å². The highest BCUT2D eigenvalue weighted by molar-refractivity contribution is 5.75. The van der Waals surface area contributed by atoms with Gasteiger partial charge in [0, 0.05) is 6.54 Å². The Morgan fingerprint density at radius 3 is 2.50 bits per heavy atom. The van der Waals surface area contributed by atoms with Crippen LogP contribution in [0, 0.1) is 5.82 Å². The number of nitrogens with one attached hydrogen (secondary N) is 1. The Kier molecular flexibility index (Phi) is 4.49. The first-order chi connectivity index (χ1) is 10.7. The zero-order chi connectivity index (χ0) is 15.4. The summed E-state index contributed by atoms with van der Waals surface area (Å²) in [5.74, 6) is 0.235. The molecule has 114 valence electrons. The Morgan fingerprint density at radius 1 is 1.14 bits per heavy atom. The minimum absolute atomic E-state index is 0.209. The van der Waals surface area contributed by atoms with Crippen LogP contribution in [0.15, 0.2) is 48.5 Å². The fourth-order valence-electron chi connectivity index (χ4n) is 2.68. The zero-order valence-corrected chi connectivity index (χ0v) is 12.2. The molecule has 2 aromatic carbocycles. The van der Waals surface area contributed by atoms with Crippen molar-refractivity contribution in [2.75, 3.05) is 13.1 Å². The van der Waals surface area contributed by atoms with Gasteiger partial charge in [-0.1, -0.05) is 24.3 Å². The molecule has 3 nitrogen and oxygen atoms in total. The summed E-state index contributed by atoms with van der Waals surface area (Å²) in [5, 5.41) is 3.35. The summed E-state index contributed by atoms with van der Waals surface area (Å²) in [6.45, 7) is 2.09. The lowest BCUT2D eigenvalue weighted by molar-refractivity contribution is -0.133. The number of rotatable bonds is 4. The Morgan fingerprint density at radius 2 is 1.86 bits per heavy atom. The minimum Gasteiger partial charge on any atom is -0.426 e. The quantitative estimate of drug-likeness (QED) is 0.696. The van der Waals surface area contributed by atoms with E-state index in [4.69, 9.17) is 4.74 Å². The summed E-state index contributed by atoms with van der Waals surface area (Å²) in [6.07, 6.45) is 1.37. The lowest BCUT2D eigenvalue weighted by Gasteiger charge is -2.09. The van der Waals surface area contributed by atoms with Crippen LogP contribution in [0.3, 0.4) is 0 Å². The smallest absolute Gasteiger partial charge is 0.315 e. The third-order valence-electron chi connectivity index (χ3n) is 3.91. The number of carbonyl (C=O) groups is 1. The Bertz CT molecular complexity index is 631. The molecule has 1 heterocycles. The third-order valence-corrected chi connectivity index (χ3v) is 3.91. The van der Waals surface area contributed by atoms with E-state index >= 15 is 0 Å². The van der Waals surface area contributed by atoms with E-state index in [2.05, 4.69) is 17.4 Å². The molecular weight excluding hydrogens is 281 g/mol. The molecule has 0 aliphatic carbocycles. The fourth-order valence-corrected chi connectivity index (χ4v) is 2.68. The van der Waals surface area contributed by atoms with Gasteiger partial charge in [-0.25, -0.2) is 4.39 Å². The van der Waals surface area contributed by atoms with Gasteiger partial charge in [0.1, 0.15) is 11.6 Å². The van der Waals surface area contributed by atoms with Crippen LogP contribution < -0.4 is 10.1 Å². The second-order valence-electron chi connectivity index (χ2n) is 5.54. The number of hydrogen-bond acceptors (Lipinski definition) is 3. The molecule has 3 rings (SSSR count). The Balaban J connectivity index is 1.57. The molecule has 1 fully saturated rings. The lowest BCUT2D eigenvalue weighted by atomic mass is 9.97. The summed E-state index contributed by atoms with van der Waals surface area (Å²) in [4.78, 5) is 11.9. The fraction of sp³-hybridized carbons (Fsp3) is 0.278. The molecule has 0 amide bonds. The Hall–Kier alpha value is -2.20. The molecule has 1 aliphatic rings. The maximum absolute atomic E-state index is 12.8. The van der Waals surface area contributed by atoms with Gasteiger partial charge < -0.3 is 10.1 Å². The van der Waals surface area contributed by atoms with Crippen molar-refractivity contribution < 1.29 is 13.9 Å². The third kappa shape index (κ3) is 3.71. The first-order valence-corrected chi connectivity index (χ1v) is 7.46. The molecule has 2 aromatic rings. The SMILES string of the molecule is O=C(Cc1ccc(C2CCNC2)cc1)Oc1ccc(F)cc1. The van der Waals surface area contributed by atoms with Crippen molar-refractivity contribution in [3.63, 3.8) is 0 Å². The molecule has 1 atom stereocenters. The van der Waals surface area contributed by atoms with Crippen LogP contribution in [0.4, 0.5) is 4.39 Å². The van der Waals surface area contributed by atoms with Crippen LogP contribution in [-0.2, 0) is 11.2 Å².